The number of likely N-dealkylation sites (tertiary alicyclic amines) is 1. The smallest absolute Gasteiger partial charge is 0.321 e. The molecule has 0 radical (unpaired) electrons. The van der Waals surface area contributed by atoms with Crippen molar-refractivity contribution in [1.29, 1.82) is 0 Å². The molecule has 3 amide bonds. The van der Waals surface area contributed by atoms with Crippen molar-refractivity contribution >= 4 is 40.8 Å². The highest BCUT2D eigenvalue weighted by Gasteiger charge is 2.51. The highest BCUT2D eigenvalue weighted by molar-refractivity contribution is 6.42. The summed E-state index contributed by atoms with van der Waals surface area (Å²) in [6, 6.07) is 4.27. The molecule has 2 saturated heterocycles. The van der Waals surface area contributed by atoms with Crippen molar-refractivity contribution < 1.29 is 19.8 Å². The molecule has 2 heterocycles. The maximum absolute atomic E-state index is 12.8. The van der Waals surface area contributed by atoms with Crippen molar-refractivity contribution in [2.24, 2.45) is 5.41 Å². The second-order valence-electron chi connectivity index (χ2n) is 9.44. The van der Waals surface area contributed by atoms with E-state index in [0.29, 0.717) is 48.3 Å². The van der Waals surface area contributed by atoms with E-state index < -0.39 is 0 Å². The Hall–Kier alpha value is -1.58. The molecule has 3 fully saturated rings. The first-order chi connectivity index (χ1) is 15.8. The Morgan fingerprint density at radius 1 is 1.15 bits per heavy atom. The number of nitrogens with one attached hydrogen (secondary N) is 1. The van der Waals surface area contributed by atoms with Crippen molar-refractivity contribution in [3.05, 3.63) is 28.2 Å². The number of piperidine rings is 1. The number of benzene rings is 1. The molecule has 4 rings (SSSR count). The van der Waals surface area contributed by atoms with Crippen molar-refractivity contribution in [1.82, 2.24) is 14.7 Å². The lowest BCUT2D eigenvalue weighted by Crippen LogP contribution is -2.48. The van der Waals surface area contributed by atoms with Gasteiger partial charge in [0.25, 0.3) is 0 Å². The Morgan fingerprint density at radius 3 is 2.61 bits per heavy atom. The molecule has 3 aliphatic rings. The summed E-state index contributed by atoms with van der Waals surface area (Å²) in [5, 5.41) is 24.0. The Balaban J connectivity index is 1.29. The van der Waals surface area contributed by atoms with Crippen molar-refractivity contribution in [3.63, 3.8) is 0 Å². The fourth-order valence-electron chi connectivity index (χ4n) is 4.91. The quantitative estimate of drug-likeness (QED) is 0.560. The van der Waals surface area contributed by atoms with Gasteiger partial charge >= 0.3 is 6.03 Å². The van der Waals surface area contributed by atoms with Gasteiger partial charge in [0.05, 0.1) is 28.8 Å². The maximum Gasteiger partial charge on any atom is 0.321 e. The Kier molecular flexibility index (Phi) is 7.70. The van der Waals surface area contributed by atoms with Gasteiger partial charge in [0.2, 0.25) is 5.91 Å². The fourth-order valence-corrected chi connectivity index (χ4v) is 5.20. The maximum atomic E-state index is 12.8. The summed E-state index contributed by atoms with van der Waals surface area (Å²) >= 11 is 11.9. The number of hydrogen-bond donors (Lipinski definition) is 3. The van der Waals surface area contributed by atoms with Gasteiger partial charge in [0.15, 0.2) is 0 Å². The molecule has 2 aliphatic heterocycles. The number of nitrogens with zero attached hydrogens (tertiary/aromatic N) is 3. The number of urea groups is 1. The van der Waals surface area contributed by atoms with E-state index in [4.69, 9.17) is 23.2 Å². The van der Waals surface area contributed by atoms with Crippen LogP contribution in [0.1, 0.15) is 32.1 Å². The molecular weight excluding hydrogens is 467 g/mol. The van der Waals surface area contributed by atoms with E-state index in [1.54, 1.807) is 28.0 Å². The minimum atomic E-state index is -0.306. The van der Waals surface area contributed by atoms with Crippen LogP contribution in [0.15, 0.2) is 18.2 Å². The Labute approximate surface area is 204 Å². The van der Waals surface area contributed by atoms with E-state index in [2.05, 4.69) is 10.2 Å². The SMILES string of the molecule is O=C(Nc1ccc(Cl)c(Cl)c1)N1CCC(=O)N([C@H](CO)CCN2CCC3(CC3)[C@H](O)C2)CC1. The van der Waals surface area contributed by atoms with Crippen LogP contribution in [0.4, 0.5) is 10.5 Å². The zero-order valence-electron chi connectivity index (χ0n) is 18.7. The Bertz CT molecular complexity index is 882. The molecule has 0 unspecified atom stereocenters. The molecule has 1 aromatic carbocycles. The molecule has 0 bridgehead atoms. The molecule has 1 saturated carbocycles. The summed E-state index contributed by atoms with van der Waals surface area (Å²) in [6.45, 7) is 3.26. The third kappa shape index (κ3) is 5.74. The molecule has 182 valence electrons. The van der Waals surface area contributed by atoms with Crippen LogP contribution in [0.5, 0.6) is 0 Å². The molecule has 3 N–H and O–H groups in total. The van der Waals surface area contributed by atoms with E-state index in [9.17, 15) is 19.8 Å². The van der Waals surface area contributed by atoms with Gasteiger partial charge in [-0.25, -0.2) is 4.79 Å². The number of halogens is 2. The van der Waals surface area contributed by atoms with Gasteiger partial charge in [-0.15, -0.1) is 0 Å². The second-order valence-corrected chi connectivity index (χ2v) is 10.3. The highest BCUT2D eigenvalue weighted by atomic mass is 35.5. The minimum absolute atomic E-state index is 0.0606. The number of aliphatic hydroxyl groups excluding tert-OH is 2. The minimum Gasteiger partial charge on any atom is -0.394 e. The summed E-state index contributed by atoms with van der Waals surface area (Å²) in [6.07, 6.45) is 3.83. The van der Waals surface area contributed by atoms with Crippen molar-refractivity contribution in [3.8, 4) is 0 Å². The van der Waals surface area contributed by atoms with Crippen molar-refractivity contribution in [2.75, 3.05) is 51.2 Å². The first kappa shape index (κ1) is 24.5. The molecule has 0 aromatic heterocycles. The third-order valence-electron chi connectivity index (χ3n) is 7.37. The van der Waals surface area contributed by atoms with Crippen LogP contribution in [-0.4, -0.2) is 94.9 Å². The normalized spacial score (nSPS) is 24.0. The lowest BCUT2D eigenvalue weighted by atomic mass is 9.90. The predicted octanol–water partition coefficient (Wildman–Crippen LogP) is 2.66. The van der Waals surface area contributed by atoms with Crippen LogP contribution in [0.25, 0.3) is 0 Å². The van der Waals surface area contributed by atoms with Crippen LogP contribution in [0.2, 0.25) is 10.0 Å². The van der Waals surface area contributed by atoms with Crippen LogP contribution in [0.3, 0.4) is 0 Å². The van der Waals surface area contributed by atoms with E-state index >= 15 is 0 Å². The number of carbonyl (C=O) groups excluding carboxylic acids is 2. The largest absolute Gasteiger partial charge is 0.394 e. The average Bonchev–Trinajstić information content (AvgIpc) is 3.59. The molecule has 1 spiro atoms. The molecule has 33 heavy (non-hydrogen) atoms. The number of amides is 3. The van der Waals surface area contributed by atoms with E-state index in [1.165, 1.54) is 0 Å². The zero-order chi connectivity index (χ0) is 23.6. The number of rotatable bonds is 6. The standard InChI is InChI=1S/C23H32Cl2N4O4/c24-18-2-1-16(13-19(18)25)26-22(33)28-9-4-21(32)29(12-11-28)17(15-30)3-8-27-10-7-23(5-6-23)20(31)14-27/h1-2,13,17,20,30-31H,3-12,14-15H2,(H,26,33)/t17-,20+/m0/s1. The summed E-state index contributed by atoms with van der Waals surface area (Å²) in [5.74, 6) is -0.0606. The fraction of sp³-hybridized carbons (Fsp3) is 0.652. The molecule has 1 aliphatic carbocycles. The summed E-state index contributed by atoms with van der Waals surface area (Å²) < 4.78 is 0. The van der Waals surface area contributed by atoms with E-state index in [1.807, 2.05) is 0 Å². The van der Waals surface area contributed by atoms with E-state index in [0.717, 1.165) is 32.4 Å². The first-order valence-electron chi connectivity index (χ1n) is 11.6. The van der Waals surface area contributed by atoms with Crippen LogP contribution in [-0.2, 0) is 4.79 Å². The third-order valence-corrected chi connectivity index (χ3v) is 8.11. The molecule has 8 nitrogen and oxygen atoms in total. The van der Waals surface area contributed by atoms with Gasteiger partial charge in [-0.3, -0.25) is 4.79 Å². The van der Waals surface area contributed by atoms with Gasteiger partial charge in [-0.05, 0) is 55.8 Å². The summed E-state index contributed by atoms with van der Waals surface area (Å²) in [5.41, 5.74) is 0.696. The average molecular weight is 499 g/mol. The topological polar surface area (TPSA) is 96.4 Å². The first-order valence-corrected chi connectivity index (χ1v) is 12.4. The second kappa shape index (κ2) is 10.4. The van der Waals surface area contributed by atoms with Gasteiger partial charge in [-0.2, -0.15) is 0 Å². The molecule has 2 atom stereocenters. The van der Waals surface area contributed by atoms with E-state index in [-0.39, 0.29) is 42.5 Å². The highest BCUT2D eigenvalue weighted by Crippen LogP contribution is 2.53. The monoisotopic (exact) mass is 498 g/mol. The molecule has 1 aromatic rings. The number of aliphatic hydroxyl groups is 2. The number of anilines is 1. The number of hydrogen-bond acceptors (Lipinski definition) is 5. The van der Waals surface area contributed by atoms with Crippen LogP contribution >= 0.6 is 23.2 Å². The lowest BCUT2D eigenvalue weighted by Gasteiger charge is -2.38. The number of carbonyl (C=O) groups is 2. The Morgan fingerprint density at radius 2 is 1.94 bits per heavy atom. The number of β-amino-alcohol motifs (C(OH)–C–C–N with tert-alkyl or cyclic N) is 1. The molecule has 10 heteroatoms. The zero-order valence-corrected chi connectivity index (χ0v) is 20.2. The summed E-state index contributed by atoms with van der Waals surface area (Å²) in [4.78, 5) is 31.0. The summed E-state index contributed by atoms with van der Waals surface area (Å²) in [7, 11) is 0. The van der Waals surface area contributed by atoms with Gasteiger partial charge < -0.3 is 30.2 Å². The predicted molar refractivity (Wildman–Crippen MR) is 128 cm³/mol. The van der Waals surface area contributed by atoms with Gasteiger partial charge in [0.1, 0.15) is 0 Å². The lowest BCUT2D eigenvalue weighted by molar-refractivity contribution is -0.133. The van der Waals surface area contributed by atoms with Crippen LogP contribution < -0.4 is 5.32 Å². The van der Waals surface area contributed by atoms with Gasteiger partial charge in [0, 0.05) is 44.8 Å². The molecular formula is C23H32Cl2N4O4. The van der Waals surface area contributed by atoms with Gasteiger partial charge in [-0.1, -0.05) is 23.2 Å². The van der Waals surface area contributed by atoms with Crippen LogP contribution in [0, 0.1) is 5.41 Å². The van der Waals surface area contributed by atoms with Crippen molar-refractivity contribution in [2.45, 2.75) is 44.2 Å².